The molecule has 0 unspecified atom stereocenters. The second-order valence-corrected chi connectivity index (χ2v) is 6.81. The fourth-order valence-corrected chi connectivity index (χ4v) is 3.63. The maximum atomic E-state index is 12.1. The lowest BCUT2D eigenvalue weighted by atomic mass is 10.0. The van der Waals surface area contributed by atoms with Crippen molar-refractivity contribution in [3.8, 4) is 0 Å². The normalized spacial score (nSPS) is 12.6. The average molecular weight is 284 g/mol. The first-order chi connectivity index (χ1) is 8.01. The first-order valence-corrected chi connectivity index (χ1v) is 8.69. The third-order valence-corrected chi connectivity index (χ3v) is 5.41. The van der Waals surface area contributed by atoms with Crippen LogP contribution in [-0.2, 0) is 10.0 Å². The van der Waals surface area contributed by atoms with E-state index in [1.54, 1.807) is 4.31 Å². The summed E-state index contributed by atoms with van der Waals surface area (Å²) in [7, 11) is -3.09. The molecule has 0 aromatic heterocycles. The van der Waals surface area contributed by atoms with E-state index in [2.05, 4.69) is 13.8 Å². The smallest absolute Gasteiger partial charge is 0.212 e. The van der Waals surface area contributed by atoms with Crippen LogP contribution in [0.5, 0.6) is 0 Å². The molecule has 0 spiro atoms. The lowest BCUT2D eigenvalue weighted by Gasteiger charge is -2.24. The van der Waals surface area contributed by atoms with E-state index in [9.17, 15) is 8.42 Å². The van der Waals surface area contributed by atoms with Gasteiger partial charge in [-0.3, -0.25) is 0 Å². The average Bonchev–Trinajstić information content (AvgIpc) is 2.30. The Morgan fingerprint density at radius 1 is 1.12 bits per heavy atom. The molecule has 17 heavy (non-hydrogen) atoms. The van der Waals surface area contributed by atoms with Gasteiger partial charge in [-0.15, -0.1) is 11.6 Å². The van der Waals surface area contributed by atoms with Crippen molar-refractivity contribution in [2.45, 2.75) is 46.5 Å². The van der Waals surface area contributed by atoms with E-state index in [4.69, 9.17) is 11.6 Å². The molecule has 104 valence electrons. The SMILES string of the molecule is CCC(CC)CN(CC)S(=O)(=O)CCCCCl. The van der Waals surface area contributed by atoms with Gasteiger partial charge in [-0.05, 0) is 18.8 Å². The molecule has 0 amide bonds. The summed E-state index contributed by atoms with van der Waals surface area (Å²) in [6.45, 7) is 7.36. The summed E-state index contributed by atoms with van der Waals surface area (Å²) < 4.78 is 25.8. The third kappa shape index (κ3) is 6.63. The molecular formula is C12H26ClNO2S. The number of unbranched alkanes of at least 4 members (excludes halogenated alkanes) is 1. The van der Waals surface area contributed by atoms with Crippen molar-refractivity contribution in [2.75, 3.05) is 24.7 Å². The molecule has 0 radical (unpaired) electrons. The Morgan fingerprint density at radius 2 is 1.71 bits per heavy atom. The predicted molar refractivity (Wildman–Crippen MR) is 75.1 cm³/mol. The van der Waals surface area contributed by atoms with E-state index in [0.717, 1.165) is 19.3 Å². The van der Waals surface area contributed by atoms with Crippen LogP contribution in [0.25, 0.3) is 0 Å². The Labute approximate surface area is 112 Å². The summed E-state index contributed by atoms with van der Waals surface area (Å²) in [5.41, 5.74) is 0. The zero-order valence-corrected chi connectivity index (χ0v) is 12.9. The Hall–Kier alpha value is 0.200. The Bertz CT molecular complexity index is 276. The summed E-state index contributed by atoms with van der Waals surface area (Å²) in [5.74, 6) is 1.24. The van der Waals surface area contributed by atoms with Crippen LogP contribution < -0.4 is 0 Å². The lowest BCUT2D eigenvalue weighted by Crippen LogP contribution is -2.36. The number of nitrogens with zero attached hydrogens (tertiary/aromatic N) is 1. The molecule has 0 N–H and O–H groups in total. The highest BCUT2D eigenvalue weighted by atomic mass is 35.5. The van der Waals surface area contributed by atoms with Crippen molar-refractivity contribution in [3.63, 3.8) is 0 Å². The first-order valence-electron chi connectivity index (χ1n) is 6.55. The van der Waals surface area contributed by atoms with Gasteiger partial charge in [0.2, 0.25) is 10.0 Å². The Kier molecular flexibility index (Phi) is 9.28. The monoisotopic (exact) mass is 283 g/mol. The standard InChI is InChI=1S/C12H26ClNO2S/c1-4-12(5-2)11-14(6-3)17(15,16)10-8-7-9-13/h12H,4-11H2,1-3H3. The number of halogens is 1. The number of hydrogen-bond donors (Lipinski definition) is 0. The maximum absolute atomic E-state index is 12.1. The molecule has 0 bridgehead atoms. The van der Waals surface area contributed by atoms with Gasteiger partial charge in [-0.2, -0.15) is 0 Å². The number of hydrogen-bond acceptors (Lipinski definition) is 2. The topological polar surface area (TPSA) is 37.4 Å². The fourth-order valence-electron chi connectivity index (χ4n) is 1.78. The highest BCUT2D eigenvalue weighted by Gasteiger charge is 2.22. The minimum atomic E-state index is -3.09. The van der Waals surface area contributed by atoms with Crippen molar-refractivity contribution < 1.29 is 8.42 Å². The van der Waals surface area contributed by atoms with Crippen LogP contribution in [0.1, 0.15) is 46.5 Å². The third-order valence-electron chi connectivity index (χ3n) is 3.15. The molecule has 0 saturated carbocycles. The van der Waals surface area contributed by atoms with Gasteiger partial charge in [0, 0.05) is 19.0 Å². The lowest BCUT2D eigenvalue weighted by molar-refractivity contribution is 0.339. The summed E-state index contributed by atoms with van der Waals surface area (Å²) >= 11 is 5.56. The van der Waals surface area contributed by atoms with Crippen LogP contribution in [0.4, 0.5) is 0 Å². The molecule has 5 heteroatoms. The molecule has 0 atom stereocenters. The van der Waals surface area contributed by atoms with Crippen molar-refractivity contribution in [2.24, 2.45) is 5.92 Å². The van der Waals surface area contributed by atoms with Crippen molar-refractivity contribution in [3.05, 3.63) is 0 Å². The zero-order chi connectivity index (χ0) is 13.3. The van der Waals surface area contributed by atoms with Gasteiger partial charge in [0.05, 0.1) is 5.75 Å². The summed E-state index contributed by atoms with van der Waals surface area (Å²) in [4.78, 5) is 0. The van der Waals surface area contributed by atoms with Gasteiger partial charge in [-0.25, -0.2) is 12.7 Å². The minimum Gasteiger partial charge on any atom is -0.212 e. The number of sulfonamides is 1. The largest absolute Gasteiger partial charge is 0.214 e. The molecule has 0 saturated heterocycles. The first kappa shape index (κ1) is 17.2. The van der Waals surface area contributed by atoms with Gasteiger partial charge < -0.3 is 0 Å². The molecule has 0 aromatic carbocycles. The second-order valence-electron chi connectivity index (χ2n) is 4.35. The number of alkyl halides is 1. The van der Waals surface area contributed by atoms with Crippen LogP contribution in [0.3, 0.4) is 0 Å². The molecule has 0 aliphatic carbocycles. The van der Waals surface area contributed by atoms with E-state index >= 15 is 0 Å². The fraction of sp³-hybridized carbons (Fsp3) is 1.00. The highest BCUT2D eigenvalue weighted by Crippen LogP contribution is 2.14. The molecular weight excluding hydrogens is 258 g/mol. The molecule has 3 nitrogen and oxygen atoms in total. The summed E-state index contributed by atoms with van der Waals surface area (Å²) in [6, 6.07) is 0. The van der Waals surface area contributed by atoms with Gasteiger partial charge in [0.15, 0.2) is 0 Å². The molecule has 0 aliphatic rings. The minimum absolute atomic E-state index is 0.230. The van der Waals surface area contributed by atoms with Gasteiger partial charge in [-0.1, -0.05) is 33.6 Å². The molecule has 0 fully saturated rings. The van der Waals surface area contributed by atoms with Gasteiger partial charge in [0.25, 0.3) is 0 Å². The van der Waals surface area contributed by atoms with Gasteiger partial charge >= 0.3 is 0 Å². The van der Waals surface area contributed by atoms with Crippen molar-refractivity contribution >= 4 is 21.6 Å². The van der Waals surface area contributed by atoms with Crippen molar-refractivity contribution in [1.82, 2.24) is 4.31 Å². The Morgan fingerprint density at radius 3 is 2.12 bits per heavy atom. The summed E-state index contributed by atoms with van der Waals surface area (Å²) in [5, 5.41) is 0. The Balaban J connectivity index is 4.41. The van der Waals surface area contributed by atoms with E-state index in [0.29, 0.717) is 31.3 Å². The number of rotatable bonds is 10. The van der Waals surface area contributed by atoms with Gasteiger partial charge in [0.1, 0.15) is 0 Å². The summed E-state index contributed by atoms with van der Waals surface area (Å²) in [6.07, 6.45) is 3.49. The molecule has 0 heterocycles. The van der Waals surface area contributed by atoms with Crippen LogP contribution in [0, 0.1) is 5.92 Å². The molecule has 0 aliphatic heterocycles. The maximum Gasteiger partial charge on any atom is 0.214 e. The quantitative estimate of drug-likeness (QED) is 0.456. The van der Waals surface area contributed by atoms with Crippen LogP contribution in [-0.4, -0.2) is 37.4 Å². The van der Waals surface area contributed by atoms with E-state index in [-0.39, 0.29) is 5.75 Å². The van der Waals surface area contributed by atoms with Crippen LogP contribution in [0.2, 0.25) is 0 Å². The second kappa shape index (κ2) is 9.17. The predicted octanol–water partition coefficient (Wildman–Crippen LogP) is 3.09. The zero-order valence-electron chi connectivity index (χ0n) is 11.3. The molecule has 0 aromatic rings. The van der Waals surface area contributed by atoms with Crippen LogP contribution in [0.15, 0.2) is 0 Å². The molecule has 0 rings (SSSR count). The van der Waals surface area contributed by atoms with E-state index in [1.165, 1.54) is 0 Å². The van der Waals surface area contributed by atoms with Crippen LogP contribution >= 0.6 is 11.6 Å². The van der Waals surface area contributed by atoms with E-state index in [1.807, 2.05) is 6.92 Å². The van der Waals surface area contributed by atoms with E-state index < -0.39 is 10.0 Å². The van der Waals surface area contributed by atoms with Crippen molar-refractivity contribution in [1.29, 1.82) is 0 Å². The highest BCUT2D eigenvalue weighted by molar-refractivity contribution is 7.89.